The van der Waals surface area contributed by atoms with Crippen molar-refractivity contribution in [2.45, 2.75) is 38.3 Å². The van der Waals surface area contributed by atoms with E-state index < -0.39 is 6.04 Å². The van der Waals surface area contributed by atoms with Gasteiger partial charge in [0, 0.05) is 25.6 Å². The summed E-state index contributed by atoms with van der Waals surface area (Å²) in [5.74, 6) is 0.188. The van der Waals surface area contributed by atoms with Crippen molar-refractivity contribution in [3.63, 3.8) is 0 Å². The largest absolute Gasteiger partial charge is 0.344 e. The van der Waals surface area contributed by atoms with Crippen molar-refractivity contribution in [3.8, 4) is 0 Å². The van der Waals surface area contributed by atoms with Gasteiger partial charge < -0.3 is 15.5 Å². The van der Waals surface area contributed by atoms with Gasteiger partial charge in [0.05, 0.1) is 0 Å². The molecule has 1 aliphatic heterocycles. The number of nitrogens with zero attached hydrogens (tertiary/aromatic N) is 1. The zero-order valence-corrected chi connectivity index (χ0v) is 12.8. The van der Waals surface area contributed by atoms with Crippen LogP contribution in [0.2, 0.25) is 0 Å². The Hall–Kier alpha value is -2.04. The van der Waals surface area contributed by atoms with Crippen LogP contribution >= 0.6 is 0 Å². The maximum absolute atomic E-state index is 12.0. The summed E-state index contributed by atoms with van der Waals surface area (Å²) in [6.45, 7) is 4.74. The van der Waals surface area contributed by atoms with Crippen LogP contribution in [0.4, 0.5) is 4.79 Å². The van der Waals surface area contributed by atoms with Crippen molar-refractivity contribution in [1.82, 2.24) is 15.5 Å². The molecule has 1 heterocycles. The molecule has 1 aromatic carbocycles. The molecule has 1 saturated heterocycles. The Bertz CT molecular complexity index is 504. The van der Waals surface area contributed by atoms with Crippen LogP contribution in [-0.4, -0.2) is 42.5 Å². The van der Waals surface area contributed by atoms with Gasteiger partial charge in [-0.05, 0) is 18.9 Å². The molecule has 0 radical (unpaired) electrons. The molecule has 5 heteroatoms. The summed E-state index contributed by atoms with van der Waals surface area (Å²) >= 11 is 0. The lowest BCUT2D eigenvalue weighted by molar-refractivity contribution is -0.128. The number of rotatable bonds is 4. The minimum Gasteiger partial charge on any atom is -0.344 e. The Kier molecular flexibility index (Phi) is 4.83. The van der Waals surface area contributed by atoms with Crippen molar-refractivity contribution in [3.05, 3.63) is 35.9 Å². The average molecular weight is 289 g/mol. The zero-order chi connectivity index (χ0) is 15.4. The van der Waals surface area contributed by atoms with E-state index in [9.17, 15) is 9.59 Å². The standard InChI is InChI=1S/C16H23N3O2/c1-11(13-7-5-4-6-8-13)12(2)17-16(21)18-14-9-10-19(3)15(14)20/h4-8,11-12,14H,9-10H2,1-3H3,(H2,17,18,21). The van der Waals surface area contributed by atoms with Gasteiger partial charge in [-0.25, -0.2) is 4.79 Å². The molecule has 21 heavy (non-hydrogen) atoms. The molecule has 5 nitrogen and oxygen atoms in total. The minimum atomic E-state index is -0.394. The van der Waals surface area contributed by atoms with Crippen LogP contribution in [0.5, 0.6) is 0 Å². The Morgan fingerprint density at radius 2 is 1.95 bits per heavy atom. The third kappa shape index (κ3) is 3.74. The van der Waals surface area contributed by atoms with Crippen LogP contribution in [0.15, 0.2) is 30.3 Å². The fraction of sp³-hybridized carbons (Fsp3) is 0.500. The highest BCUT2D eigenvalue weighted by molar-refractivity contribution is 5.88. The summed E-state index contributed by atoms with van der Waals surface area (Å²) in [7, 11) is 1.75. The molecular weight excluding hydrogens is 266 g/mol. The molecule has 1 fully saturated rings. The van der Waals surface area contributed by atoms with Gasteiger partial charge in [-0.1, -0.05) is 37.3 Å². The van der Waals surface area contributed by atoms with Crippen molar-refractivity contribution >= 4 is 11.9 Å². The summed E-state index contributed by atoms with van der Waals surface area (Å²) in [5.41, 5.74) is 1.18. The molecule has 114 valence electrons. The predicted octanol–water partition coefficient (Wildman–Crippen LogP) is 1.71. The molecular formula is C16H23N3O2. The number of likely N-dealkylation sites (tertiary alicyclic amines) is 1. The number of carbonyl (C=O) groups is 2. The minimum absolute atomic E-state index is 0.0124. The fourth-order valence-electron chi connectivity index (χ4n) is 2.53. The predicted molar refractivity (Wildman–Crippen MR) is 82.0 cm³/mol. The average Bonchev–Trinajstić information content (AvgIpc) is 2.79. The maximum Gasteiger partial charge on any atom is 0.315 e. The van der Waals surface area contributed by atoms with Gasteiger partial charge in [-0.3, -0.25) is 4.79 Å². The molecule has 0 spiro atoms. The first kappa shape index (κ1) is 15.4. The number of benzene rings is 1. The summed E-state index contributed by atoms with van der Waals surface area (Å²) in [4.78, 5) is 25.4. The van der Waals surface area contributed by atoms with E-state index in [0.717, 1.165) is 0 Å². The highest BCUT2D eigenvalue weighted by Gasteiger charge is 2.30. The summed E-state index contributed by atoms with van der Waals surface area (Å²) in [6, 6.07) is 9.38. The first-order chi connectivity index (χ1) is 9.99. The maximum atomic E-state index is 12.0. The number of nitrogens with one attached hydrogen (secondary N) is 2. The molecule has 0 aliphatic carbocycles. The van der Waals surface area contributed by atoms with E-state index in [1.807, 2.05) is 25.1 Å². The number of urea groups is 1. The second-order valence-corrected chi connectivity index (χ2v) is 5.71. The molecule has 1 aromatic rings. The van der Waals surface area contributed by atoms with Crippen LogP contribution in [0.3, 0.4) is 0 Å². The zero-order valence-electron chi connectivity index (χ0n) is 12.8. The van der Waals surface area contributed by atoms with Crippen molar-refractivity contribution in [1.29, 1.82) is 0 Å². The summed E-state index contributed by atoms with van der Waals surface area (Å²) in [6.07, 6.45) is 0.672. The quantitative estimate of drug-likeness (QED) is 0.886. The SMILES string of the molecule is CC(NC(=O)NC1CCN(C)C1=O)C(C)c1ccccc1. The van der Waals surface area contributed by atoms with Crippen molar-refractivity contribution in [2.75, 3.05) is 13.6 Å². The third-order valence-corrected chi connectivity index (χ3v) is 4.17. The van der Waals surface area contributed by atoms with Gasteiger partial charge in [-0.2, -0.15) is 0 Å². The molecule has 1 aliphatic rings. The normalized spacial score (nSPS) is 21.0. The lowest BCUT2D eigenvalue weighted by Gasteiger charge is -2.23. The summed E-state index contributed by atoms with van der Waals surface area (Å²) in [5, 5.41) is 5.67. The molecule has 3 unspecified atom stereocenters. The Balaban J connectivity index is 1.86. The second-order valence-electron chi connectivity index (χ2n) is 5.71. The molecule has 3 amide bonds. The van der Waals surface area contributed by atoms with Crippen LogP contribution < -0.4 is 10.6 Å². The number of carbonyl (C=O) groups excluding carboxylic acids is 2. The lowest BCUT2D eigenvalue weighted by Crippen LogP contribution is -2.49. The first-order valence-electron chi connectivity index (χ1n) is 7.36. The molecule has 2 rings (SSSR count). The van der Waals surface area contributed by atoms with Gasteiger partial charge in [0.15, 0.2) is 0 Å². The molecule has 2 N–H and O–H groups in total. The number of amides is 3. The van der Waals surface area contributed by atoms with Crippen molar-refractivity contribution < 1.29 is 9.59 Å². The van der Waals surface area contributed by atoms with Gasteiger partial charge in [-0.15, -0.1) is 0 Å². The van der Waals surface area contributed by atoms with Crippen molar-refractivity contribution in [2.24, 2.45) is 0 Å². The van der Waals surface area contributed by atoms with Gasteiger partial charge in [0.25, 0.3) is 0 Å². The van der Waals surface area contributed by atoms with E-state index in [-0.39, 0.29) is 23.9 Å². The first-order valence-corrected chi connectivity index (χ1v) is 7.36. The summed E-state index contributed by atoms with van der Waals surface area (Å²) < 4.78 is 0. The number of hydrogen-bond donors (Lipinski definition) is 2. The highest BCUT2D eigenvalue weighted by atomic mass is 16.2. The smallest absolute Gasteiger partial charge is 0.315 e. The second kappa shape index (κ2) is 6.61. The Morgan fingerprint density at radius 3 is 2.52 bits per heavy atom. The van der Waals surface area contributed by atoms with Crippen LogP contribution in [0.1, 0.15) is 31.7 Å². The molecule has 3 atom stereocenters. The van der Waals surface area contributed by atoms with E-state index in [1.54, 1.807) is 11.9 Å². The van der Waals surface area contributed by atoms with Crippen LogP contribution in [0, 0.1) is 0 Å². The van der Waals surface area contributed by atoms with Crippen LogP contribution in [0.25, 0.3) is 0 Å². The molecule has 0 bridgehead atoms. The van der Waals surface area contributed by atoms with E-state index in [4.69, 9.17) is 0 Å². The van der Waals surface area contributed by atoms with Gasteiger partial charge in [0.1, 0.15) is 6.04 Å². The van der Waals surface area contributed by atoms with Gasteiger partial charge in [0.2, 0.25) is 5.91 Å². The Morgan fingerprint density at radius 1 is 1.29 bits per heavy atom. The highest BCUT2D eigenvalue weighted by Crippen LogP contribution is 2.18. The van der Waals surface area contributed by atoms with E-state index >= 15 is 0 Å². The molecule has 0 saturated carbocycles. The Labute approximate surface area is 125 Å². The number of likely N-dealkylation sites (N-methyl/N-ethyl adjacent to an activating group) is 1. The molecule has 0 aromatic heterocycles. The monoisotopic (exact) mass is 289 g/mol. The fourth-order valence-corrected chi connectivity index (χ4v) is 2.53. The lowest BCUT2D eigenvalue weighted by atomic mass is 9.94. The van der Waals surface area contributed by atoms with E-state index in [2.05, 4.69) is 29.7 Å². The van der Waals surface area contributed by atoms with Gasteiger partial charge >= 0.3 is 6.03 Å². The number of hydrogen-bond acceptors (Lipinski definition) is 2. The topological polar surface area (TPSA) is 61.4 Å². The van der Waals surface area contributed by atoms with E-state index in [0.29, 0.717) is 13.0 Å². The third-order valence-electron chi connectivity index (χ3n) is 4.17. The van der Waals surface area contributed by atoms with Crippen LogP contribution in [-0.2, 0) is 4.79 Å². The van der Waals surface area contributed by atoms with E-state index in [1.165, 1.54) is 5.56 Å².